The summed E-state index contributed by atoms with van der Waals surface area (Å²) in [5.41, 5.74) is -3.91. The highest BCUT2D eigenvalue weighted by molar-refractivity contribution is 5.89. The highest BCUT2D eigenvalue weighted by atomic mass is 16.8. The van der Waals surface area contributed by atoms with Crippen molar-refractivity contribution in [3.63, 3.8) is 0 Å². The van der Waals surface area contributed by atoms with Gasteiger partial charge in [0.05, 0.1) is 53.4 Å². The molecule has 382 valence electrons. The molecule has 4 N–H and O–H groups in total. The van der Waals surface area contributed by atoms with Gasteiger partial charge in [-0.25, -0.2) is 4.79 Å². The molecule has 8 rings (SSSR count). The van der Waals surface area contributed by atoms with Gasteiger partial charge in [0.1, 0.15) is 42.7 Å². The minimum Gasteiger partial charge on any atom is -0.463 e. The summed E-state index contributed by atoms with van der Waals surface area (Å²) in [7, 11) is 4.61. The minimum absolute atomic E-state index is 0.258. The van der Waals surface area contributed by atoms with E-state index in [1.165, 1.54) is 14.0 Å². The van der Waals surface area contributed by atoms with Crippen molar-refractivity contribution < 1.29 is 82.1 Å². The molecule has 1 aromatic rings. The topological polar surface area (TPSA) is 217 Å². The zero-order valence-electron chi connectivity index (χ0n) is 41.3. The van der Waals surface area contributed by atoms with Crippen LogP contribution in [0.4, 0.5) is 0 Å². The van der Waals surface area contributed by atoms with E-state index >= 15 is 0 Å². The lowest BCUT2D eigenvalue weighted by atomic mass is 9.43. The quantitative estimate of drug-likeness (QED) is 0.159. The van der Waals surface area contributed by atoms with Crippen molar-refractivity contribution in [3.05, 3.63) is 48.0 Å². The summed E-state index contributed by atoms with van der Waals surface area (Å²) in [5.74, 6) is -1.79. The molecule has 1 aromatic carbocycles. The highest BCUT2D eigenvalue weighted by Crippen LogP contribution is 2.69. The molecule has 3 heterocycles. The molecule has 0 unspecified atom stereocenters. The molecule has 3 saturated carbocycles. The van der Waals surface area contributed by atoms with Gasteiger partial charge in [-0.1, -0.05) is 44.2 Å². The molecule has 6 fully saturated rings. The second-order valence-electron chi connectivity index (χ2n) is 21.2. The molecular formula is C51H76O17. The molecule has 0 spiro atoms. The van der Waals surface area contributed by atoms with Gasteiger partial charge in [-0.05, 0) is 77.8 Å². The Hall–Kier alpha value is -2.62. The van der Waals surface area contributed by atoms with E-state index in [0.29, 0.717) is 50.5 Å². The molecule has 68 heavy (non-hydrogen) atoms. The van der Waals surface area contributed by atoms with Crippen molar-refractivity contribution in [1.29, 1.82) is 0 Å². The number of hydrogen-bond donors (Lipinski definition) is 4. The fourth-order valence-corrected chi connectivity index (χ4v) is 13.7. The second-order valence-corrected chi connectivity index (χ2v) is 21.2. The Bertz CT molecular complexity index is 1940. The van der Waals surface area contributed by atoms with Gasteiger partial charge in [0, 0.05) is 70.2 Å². The Kier molecular flexibility index (Phi) is 15.3. The summed E-state index contributed by atoms with van der Waals surface area (Å²) in [6.45, 7) is 12.7. The van der Waals surface area contributed by atoms with E-state index < -0.39 is 126 Å². The third-order valence-electron chi connectivity index (χ3n) is 17.6. The van der Waals surface area contributed by atoms with Gasteiger partial charge in [-0.3, -0.25) is 4.79 Å². The van der Waals surface area contributed by atoms with E-state index in [9.17, 15) is 30.0 Å². The number of carbonyl (C=O) groups excluding carboxylic acids is 2. The minimum atomic E-state index is -1.32. The van der Waals surface area contributed by atoms with Crippen LogP contribution in [0, 0.1) is 28.6 Å². The molecule has 17 nitrogen and oxygen atoms in total. The average molecular weight is 961 g/mol. The molecule has 7 aliphatic rings. The monoisotopic (exact) mass is 961 g/mol. The summed E-state index contributed by atoms with van der Waals surface area (Å²) in [6, 6.07) is 8.82. The van der Waals surface area contributed by atoms with E-state index in [1.54, 1.807) is 45.4 Å². The fourth-order valence-electron chi connectivity index (χ4n) is 13.7. The maximum atomic E-state index is 13.8. The highest BCUT2D eigenvalue weighted by Gasteiger charge is 2.73. The predicted octanol–water partition coefficient (Wildman–Crippen LogP) is 4.38. The van der Waals surface area contributed by atoms with Crippen molar-refractivity contribution in [3.8, 4) is 0 Å². The predicted molar refractivity (Wildman–Crippen MR) is 242 cm³/mol. The third kappa shape index (κ3) is 9.13. The third-order valence-corrected chi connectivity index (χ3v) is 17.6. The number of fused-ring (bicyclic) bond motifs is 5. The molecule has 3 aliphatic heterocycles. The van der Waals surface area contributed by atoms with Crippen molar-refractivity contribution >= 4 is 11.9 Å². The standard InChI is InChI=1S/C51H76O17/c1-26(61-30(5)52)33-18-21-51(57)34-17-20-50(56)25-32(16-19-48(50,6)35(34)22-38(49(33,51)7)66-46(55)31-14-12-11-13-15-31)65-39-23-36(58-8)43(28(3)62-39)67-40-24-37(59-9)44(29(4)63-40)68-47-42(54)45(60-10)41(53)27(2)64-47/h11-15,17,20,26-29,32-45,47,53-54,56-57H,16,18-19,21-25H2,1-10H3/t26-,27+,28+,29+,32-,33+,34-,35-,36-,37-,38+,39-,40-,41+,42+,43+,44+,45+,47-,48+,49-,50+,51-/m0/s1. The summed E-state index contributed by atoms with van der Waals surface area (Å²) >= 11 is 0. The SMILES string of the molecule is CO[C@H]1[C@@H](O)[C@H](O[C@H]2[C@@H](OC)C[C@H](O[C@H]3[C@@H](OC)C[C@H](O[C@H]4CC[C@]5(C)[C@H]6C[C@@H](OC(=O)c7ccccc7)[C@]7(C)[C@@H]([C@H](C)OC(C)=O)CC[C@]7(O)[C@H]6C=C[C@@]5(O)C4)O[C@@H]3C)O[C@@H]2C)O[C@H](C)[C@H]1O. The molecule has 23 atom stereocenters. The van der Waals surface area contributed by atoms with Gasteiger partial charge in [-0.15, -0.1) is 0 Å². The molecule has 3 saturated heterocycles. The lowest BCUT2D eigenvalue weighted by Gasteiger charge is -2.65. The zero-order chi connectivity index (χ0) is 49.1. The van der Waals surface area contributed by atoms with Gasteiger partial charge in [0.2, 0.25) is 0 Å². The maximum Gasteiger partial charge on any atom is 0.338 e. The Labute approximate surface area is 400 Å². The van der Waals surface area contributed by atoms with Crippen LogP contribution in [0.3, 0.4) is 0 Å². The van der Waals surface area contributed by atoms with Crippen LogP contribution in [0.5, 0.6) is 0 Å². The second kappa shape index (κ2) is 20.1. The van der Waals surface area contributed by atoms with Crippen LogP contribution in [0.1, 0.15) is 110 Å². The first-order valence-corrected chi connectivity index (χ1v) is 24.7. The smallest absolute Gasteiger partial charge is 0.338 e. The largest absolute Gasteiger partial charge is 0.463 e. The van der Waals surface area contributed by atoms with Crippen molar-refractivity contribution in [2.75, 3.05) is 21.3 Å². The first-order valence-electron chi connectivity index (χ1n) is 24.7. The van der Waals surface area contributed by atoms with Crippen molar-refractivity contribution in [1.82, 2.24) is 0 Å². The Morgan fingerprint density at radius 1 is 0.765 bits per heavy atom. The van der Waals surface area contributed by atoms with Crippen molar-refractivity contribution in [2.45, 2.75) is 209 Å². The van der Waals surface area contributed by atoms with Gasteiger partial charge < -0.3 is 72.5 Å². The van der Waals surface area contributed by atoms with Crippen LogP contribution >= 0.6 is 0 Å². The van der Waals surface area contributed by atoms with E-state index in [0.717, 1.165) is 0 Å². The van der Waals surface area contributed by atoms with Crippen LogP contribution in [0.2, 0.25) is 0 Å². The number of hydrogen-bond acceptors (Lipinski definition) is 17. The van der Waals surface area contributed by atoms with Crippen LogP contribution in [-0.2, 0) is 56.9 Å². The van der Waals surface area contributed by atoms with Gasteiger partial charge in [0.15, 0.2) is 18.9 Å². The lowest BCUT2D eigenvalue weighted by Crippen LogP contribution is -2.70. The van der Waals surface area contributed by atoms with Crippen molar-refractivity contribution in [2.24, 2.45) is 28.6 Å². The van der Waals surface area contributed by atoms with Gasteiger partial charge in [0.25, 0.3) is 0 Å². The number of aliphatic hydroxyl groups excluding tert-OH is 2. The Balaban J connectivity index is 0.929. The number of carbonyl (C=O) groups is 2. The normalized spacial score (nSPS) is 48.4. The lowest BCUT2D eigenvalue weighted by molar-refractivity contribution is -0.352. The van der Waals surface area contributed by atoms with E-state index in [1.807, 2.05) is 45.9 Å². The fraction of sp³-hybridized carbons (Fsp3) is 0.804. The number of ether oxygens (including phenoxy) is 11. The van der Waals surface area contributed by atoms with Crippen LogP contribution < -0.4 is 0 Å². The molecule has 0 aromatic heterocycles. The summed E-state index contributed by atoms with van der Waals surface area (Å²) in [5, 5.41) is 47.3. The van der Waals surface area contributed by atoms with E-state index in [4.69, 9.17) is 52.1 Å². The van der Waals surface area contributed by atoms with E-state index in [-0.39, 0.29) is 30.3 Å². The number of esters is 2. The molecule has 0 amide bonds. The van der Waals surface area contributed by atoms with E-state index in [2.05, 4.69) is 6.92 Å². The van der Waals surface area contributed by atoms with Gasteiger partial charge >= 0.3 is 11.9 Å². The molecule has 4 aliphatic carbocycles. The van der Waals surface area contributed by atoms with Crippen LogP contribution in [-0.4, -0.2) is 163 Å². The molecular weight excluding hydrogens is 885 g/mol. The van der Waals surface area contributed by atoms with Crippen LogP contribution in [0.25, 0.3) is 0 Å². The molecule has 0 bridgehead atoms. The Morgan fingerprint density at radius 3 is 2.01 bits per heavy atom. The molecule has 0 radical (unpaired) electrons. The summed E-state index contributed by atoms with van der Waals surface area (Å²) in [6.07, 6.45) is -3.60. The number of rotatable bonds is 13. The first kappa shape index (κ1) is 51.7. The maximum absolute atomic E-state index is 13.8. The zero-order valence-corrected chi connectivity index (χ0v) is 41.3. The molecule has 17 heteroatoms. The number of aliphatic hydroxyl groups is 4. The Morgan fingerprint density at radius 2 is 1.40 bits per heavy atom. The number of methoxy groups -OCH3 is 3. The van der Waals surface area contributed by atoms with Gasteiger partial charge in [-0.2, -0.15) is 0 Å². The summed E-state index contributed by atoms with van der Waals surface area (Å²) < 4.78 is 67.7. The first-order chi connectivity index (χ1) is 32.2. The summed E-state index contributed by atoms with van der Waals surface area (Å²) in [4.78, 5) is 26.0. The average Bonchev–Trinajstić information content (AvgIpc) is 3.59. The number of benzene rings is 1. The van der Waals surface area contributed by atoms with Crippen LogP contribution in [0.15, 0.2) is 42.5 Å².